The van der Waals surface area contributed by atoms with Crippen LogP contribution in [0.2, 0.25) is 0 Å². The molecule has 0 saturated carbocycles. The van der Waals surface area contributed by atoms with E-state index in [-0.39, 0.29) is 17.8 Å². The number of carbonyl (C=O) groups is 2. The van der Waals surface area contributed by atoms with E-state index < -0.39 is 11.9 Å². The predicted octanol–water partition coefficient (Wildman–Crippen LogP) is 2.53. The molecule has 0 atom stereocenters. The SMILES string of the molecule is CCCOC(=O)c1ccc(NC(=O)COc2c(C)occc2=O)cc1. The molecule has 0 saturated heterocycles. The predicted molar refractivity (Wildman–Crippen MR) is 90.9 cm³/mol. The van der Waals surface area contributed by atoms with Gasteiger partial charge in [-0.3, -0.25) is 9.59 Å². The van der Waals surface area contributed by atoms with E-state index in [2.05, 4.69) is 5.32 Å². The Hall–Kier alpha value is -3.09. The molecule has 0 aliphatic heterocycles. The number of carbonyl (C=O) groups excluding carboxylic acids is 2. The molecule has 0 aliphatic rings. The Labute approximate surface area is 144 Å². The average molecular weight is 345 g/mol. The van der Waals surface area contributed by atoms with Crippen molar-refractivity contribution in [3.63, 3.8) is 0 Å². The first-order valence-corrected chi connectivity index (χ1v) is 7.79. The van der Waals surface area contributed by atoms with Gasteiger partial charge < -0.3 is 19.2 Å². The zero-order valence-corrected chi connectivity index (χ0v) is 14.0. The molecule has 1 N–H and O–H groups in total. The standard InChI is InChI=1S/C18H19NO6/c1-3-9-24-18(22)13-4-6-14(7-5-13)19-16(21)11-25-17-12(2)23-10-8-15(17)20/h4-8,10H,3,9,11H2,1-2H3,(H,19,21). The fourth-order valence-electron chi connectivity index (χ4n) is 1.98. The lowest BCUT2D eigenvalue weighted by Gasteiger charge is -2.08. The summed E-state index contributed by atoms with van der Waals surface area (Å²) in [6.45, 7) is 3.51. The van der Waals surface area contributed by atoms with Crippen LogP contribution in [-0.2, 0) is 9.53 Å². The summed E-state index contributed by atoms with van der Waals surface area (Å²) in [5, 5.41) is 2.61. The molecule has 1 heterocycles. The summed E-state index contributed by atoms with van der Waals surface area (Å²) in [6, 6.07) is 7.51. The second kappa shape index (κ2) is 8.68. The van der Waals surface area contributed by atoms with E-state index in [0.29, 0.717) is 23.6 Å². The van der Waals surface area contributed by atoms with Crippen LogP contribution in [0.25, 0.3) is 0 Å². The zero-order valence-electron chi connectivity index (χ0n) is 14.0. The molecule has 1 aromatic heterocycles. The third-order valence-electron chi connectivity index (χ3n) is 3.20. The maximum Gasteiger partial charge on any atom is 0.338 e. The summed E-state index contributed by atoms with van der Waals surface area (Å²) in [5.74, 6) is -0.541. The number of benzene rings is 1. The highest BCUT2D eigenvalue weighted by Gasteiger charge is 2.11. The van der Waals surface area contributed by atoms with Crippen molar-refractivity contribution in [2.45, 2.75) is 20.3 Å². The fraction of sp³-hybridized carbons (Fsp3) is 0.278. The molecule has 2 aromatic rings. The van der Waals surface area contributed by atoms with E-state index in [0.717, 1.165) is 6.42 Å². The maximum absolute atomic E-state index is 11.9. The monoisotopic (exact) mass is 345 g/mol. The van der Waals surface area contributed by atoms with Crippen LogP contribution in [0.4, 0.5) is 5.69 Å². The van der Waals surface area contributed by atoms with Crippen LogP contribution in [0.5, 0.6) is 5.75 Å². The highest BCUT2D eigenvalue weighted by molar-refractivity contribution is 5.93. The van der Waals surface area contributed by atoms with E-state index >= 15 is 0 Å². The number of anilines is 1. The molecule has 7 nitrogen and oxygen atoms in total. The highest BCUT2D eigenvalue weighted by atomic mass is 16.5. The number of rotatable bonds is 7. The van der Waals surface area contributed by atoms with Gasteiger partial charge in [-0.2, -0.15) is 0 Å². The summed E-state index contributed by atoms with van der Waals surface area (Å²) in [4.78, 5) is 35.2. The number of esters is 1. The lowest BCUT2D eigenvalue weighted by Crippen LogP contribution is -2.22. The number of hydrogen-bond donors (Lipinski definition) is 1. The molecular weight excluding hydrogens is 326 g/mol. The Balaban J connectivity index is 1.90. The van der Waals surface area contributed by atoms with Gasteiger partial charge in [-0.1, -0.05) is 6.92 Å². The molecule has 0 spiro atoms. The van der Waals surface area contributed by atoms with Gasteiger partial charge in [0, 0.05) is 11.8 Å². The first kappa shape index (κ1) is 18.3. The number of aryl methyl sites for hydroxylation is 1. The second-order valence-electron chi connectivity index (χ2n) is 5.22. The van der Waals surface area contributed by atoms with Crippen LogP contribution in [0, 0.1) is 6.92 Å². The number of amides is 1. The molecule has 0 bridgehead atoms. The second-order valence-corrected chi connectivity index (χ2v) is 5.22. The van der Waals surface area contributed by atoms with Crippen molar-refractivity contribution >= 4 is 17.6 Å². The van der Waals surface area contributed by atoms with Gasteiger partial charge in [0.05, 0.1) is 18.4 Å². The van der Waals surface area contributed by atoms with Crippen LogP contribution in [0.1, 0.15) is 29.5 Å². The van der Waals surface area contributed by atoms with Crippen molar-refractivity contribution in [1.29, 1.82) is 0 Å². The molecule has 0 fully saturated rings. The number of nitrogens with one attached hydrogen (secondary N) is 1. The Morgan fingerprint density at radius 3 is 2.52 bits per heavy atom. The lowest BCUT2D eigenvalue weighted by atomic mass is 10.2. The fourth-order valence-corrected chi connectivity index (χ4v) is 1.98. The van der Waals surface area contributed by atoms with Crippen molar-refractivity contribution in [2.75, 3.05) is 18.5 Å². The van der Waals surface area contributed by atoms with Crippen LogP contribution in [-0.4, -0.2) is 25.1 Å². The molecule has 25 heavy (non-hydrogen) atoms. The highest BCUT2D eigenvalue weighted by Crippen LogP contribution is 2.12. The smallest absolute Gasteiger partial charge is 0.338 e. The van der Waals surface area contributed by atoms with Crippen LogP contribution >= 0.6 is 0 Å². The molecule has 132 valence electrons. The van der Waals surface area contributed by atoms with Crippen molar-refractivity contribution in [3.8, 4) is 5.75 Å². The molecule has 0 aliphatic carbocycles. The molecule has 1 amide bonds. The van der Waals surface area contributed by atoms with Gasteiger partial charge in [-0.15, -0.1) is 0 Å². The van der Waals surface area contributed by atoms with E-state index in [1.165, 1.54) is 12.3 Å². The van der Waals surface area contributed by atoms with Crippen LogP contribution < -0.4 is 15.5 Å². The molecular formula is C18H19NO6. The summed E-state index contributed by atoms with van der Waals surface area (Å²) < 4.78 is 15.3. The van der Waals surface area contributed by atoms with E-state index in [4.69, 9.17) is 13.9 Å². The Morgan fingerprint density at radius 2 is 1.88 bits per heavy atom. The van der Waals surface area contributed by atoms with Crippen LogP contribution in [0.3, 0.4) is 0 Å². The van der Waals surface area contributed by atoms with Gasteiger partial charge in [0.15, 0.2) is 6.61 Å². The van der Waals surface area contributed by atoms with E-state index in [1.54, 1.807) is 31.2 Å². The molecule has 0 radical (unpaired) electrons. The summed E-state index contributed by atoms with van der Waals surface area (Å²) >= 11 is 0. The van der Waals surface area contributed by atoms with Gasteiger partial charge >= 0.3 is 5.97 Å². The summed E-state index contributed by atoms with van der Waals surface area (Å²) in [7, 11) is 0. The number of ether oxygens (including phenoxy) is 2. The first-order chi connectivity index (χ1) is 12.0. The Kier molecular flexibility index (Phi) is 6.33. The third-order valence-corrected chi connectivity index (χ3v) is 3.20. The summed E-state index contributed by atoms with van der Waals surface area (Å²) in [5.41, 5.74) is 0.546. The molecule has 2 rings (SSSR count). The minimum atomic E-state index is -0.441. The molecule has 0 unspecified atom stereocenters. The third kappa shape index (κ3) is 5.20. The minimum Gasteiger partial charge on any atom is -0.476 e. The molecule has 7 heteroatoms. The first-order valence-electron chi connectivity index (χ1n) is 7.79. The topological polar surface area (TPSA) is 94.8 Å². The van der Waals surface area contributed by atoms with Crippen molar-refractivity contribution in [1.82, 2.24) is 0 Å². The van der Waals surface area contributed by atoms with Crippen molar-refractivity contribution < 1.29 is 23.5 Å². The number of hydrogen-bond acceptors (Lipinski definition) is 6. The Bertz CT molecular complexity index is 794. The normalized spacial score (nSPS) is 10.2. The van der Waals surface area contributed by atoms with Gasteiger partial charge in [0.25, 0.3) is 5.91 Å². The maximum atomic E-state index is 11.9. The van der Waals surface area contributed by atoms with Crippen molar-refractivity contribution in [3.05, 3.63) is 58.1 Å². The van der Waals surface area contributed by atoms with Gasteiger partial charge in [0.1, 0.15) is 5.76 Å². The molecule has 1 aromatic carbocycles. The van der Waals surface area contributed by atoms with E-state index in [1.807, 2.05) is 6.92 Å². The van der Waals surface area contributed by atoms with Gasteiger partial charge in [0.2, 0.25) is 11.2 Å². The quantitative estimate of drug-likeness (QED) is 0.775. The Morgan fingerprint density at radius 1 is 1.16 bits per heavy atom. The summed E-state index contributed by atoms with van der Waals surface area (Å²) in [6.07, 6.45) is 2.01. The zero-order chi connectivity index (χ0) is 18.2. The largest absolute Gasteiger partial charge is 0.476 e. The van der Waals surface area contributed by atoms with E-state index in [9.17, 15) is 14.4 Å². The average Bonchev–Trinajstić information content (AvgIpc) is 2.60. The lowest BCUT2D eigenvalue weighted by molar-refractivity contribution is -0.118. The van der Waals surface area contributed by atoms with Gasteiger partial charge in [-0.05, 0) is 37.6 Å². The van der Waals surface area contributed by atoms with Crippen LogP contribution in [0.15, 0.2) is 45.8 Å². The van der Waals surface area contributed by atoms with Crippen molar-refractivity contribution in [2.24, 2.45) is 0 Å². The minimum absolute atomic E-state index is 0.00617. The van der Waals surface area contributed by atoms with Gasteiger partial charge in [-0.25, -0.2) is 4.79 Å².